The standard InChI is InChI=1S/C11H16N2O3/c1-16-7-6-13-10(11(12)15)8-2-4-9(14)5-3-8/h2-5,10,13-14H,6-7H2,1H3,(H2,12,15). The summed E-state index contributed by atoms with van der Waals surface area (Å²) in [5, 5.41) is 12.1. The molecule has 0 spiro atoms. The van der Waals surface area contributed by atoms with Crippen LogP contribution in [0.15, 0.2) is 24.3 Å². The van der Waals surface area contributed by atoms with Crippen LogP contribution in [0.4, 0.5) is 0 Å². The number of phenolic OH excluding ortho intramolecular Hbond substituents is 1. The molecule has 0 saturated heterocycles. The van der Waals surface area contributed by atoms with E-state index in [4.69, 9.17) is 15.6 Å². The molecule has 1 rings (SSSR count). The second-order valence-corrected chi connectivity index (χ2v) is 3.37. The van der Waals surface area contributed by atoms with Crippen molar-refractivity contribution in [1.29, 1.82) is 0 Å². The Morgan fingerprint density at radius 3 is 2.62 bits per heavy atom. The number of hydrogen-bond acceptors (Lipinski definition) is 4. The molecule has 1 unspecified atom stereocenters. The van der Waals surface area contributed by atoms with Crippen molar-refractivity contribution in [3.8, 4) is 5.75 Å². The largest absolute Gasteiger partial charge is 0.508 e. The Labute approximate surface area is 94.2 Å². The number of carbonyl (C=O) groups is 1. The minimum Gasteiger partial charge on any atom is -0.508 e. The lowest BCUT2D eigenvalue weighted by molar-refractivity contribution is -0.120. The molecule has 5 nitrogen and oxygen atoms in total. The number of phenols is 1. The summed E-state index contributed by atoms with van der Waals surface area (Å²) >= 11 is 0. The molecule has 0 saturated carbocycles. The van der Waals surface area contributed by atoms with E-state index >= 15 is 0 Å². The quantitative estimate of drug-likeness (QED) is 0.601. The average molecular weight is 224 g/mol. The minimum absolute atomic E-state index is 0.156. The molecule has 4 N–H and O–H groups in total. The van der Waals surface area contributed by atoms with Gasteiger partial charge >= 0.3 is 0 Å². The van der Waals surface area contributed by atoms with Crippen molar-refractivity contribution in [3.05, 3.63) is 29.8 Å². The van der Waals surface area contributed by atoms with Gasteiger partial charge in [-0.25, -0.2) is 0 Å². The van der Waals surface area contributed by atoms with E-state index in [1.165, 1.54) is 12.1 Å². The molecule has 0 aliphatic rings. The molecule has 0 radical (unpaired) electrons. The van der Waals surface area contributed by atoms with Crippen molar-refractivity contribution in [2.75, 3.05) is 20.3 Å². The number of aromatic hydroxyl groups is 1. The van der Waals surface area contributed by atoms with Crippen molar-refractivity contribution in [3.63, 3.8) is 0 Å². The van der Waals surface area contributed by atoms with Crippen LogP contribution >= 0.6 is 0 Å². The fraction of sp³-hybridized carbons (Fsp3) is 0.364. The maximum Gasteiger partial charge on any atom is 0.239 e. The highest BCUT2D eigenvalue weighted by Gasteiger charge is 2.16. The van der Waals surface area contributed by atoms with Gasteiger partial charge in [-0.1, -0.05) is 12.1 Å². The Hall–Kier alpha value is -1.59. The van der Waals surface area contributed by atoms with E-state index in [9.17, 15) is 4.79 Å². The fourth-order valence-electron chi connectivity index (χ4n) is 1.35. The Morgan fingerprint density at radius 2 is 2.12 bits per heavy atom. The summed E-state index contributed by atoms with van der Waals surface area (Å²) in [4.78, 5) is 11.2. The van der Waals surface area contributed by atoms with Crippen LogP contribution in [0, 0.1) is 0 Å². The number of carbonyl (C=O) groups excluding carboxylic acids is 1. The molecule has 0 aromatic heterocycles. The summed E-state index contributed by atoms with van der Waals surface area (Å²) in [5.74, 6) is -0.300. The van der Waals surface area contributed by atoms with Gasteiger partial charge in [-0.15, -0.1) is 0 Å². The van der Waals surface area contributed by atoms with Crippen LogP contribution in [0.1, 0.15) is 11.6 Å². The molecule has 1 atom stereocenters. The fourth-order valence-corrected chi connectivity index (χ4v) is 1.35. The van der Waals surface area contributed by atoms with Crippen LogP contribution in [0.3, 0.4) is 0 Å². The number of nitrogens with one attached hydrogen (secondary N) is 1. The van der Waals surface area contributed by atoms with Gasteiger partial charge < -0.3 is 15.6 Å². The Morgan fingerprint density at radius 1 is 1.50 bits per heavy atom. The molecule has 0 heterocycles. The van der Waals surface area contributed by atoms with Gasteiger partial charge in [0.1, 0.15) is 11.8 Å². The van der Waals surface area contributed by atoms with Crippen LogP contribution in [-0.2, 0) is 9.53 Å². The predicted octanol–water partition coefficient (Wildman–Crippen LogP) is 0.155. The number of hydrogen-bond donors (Lipinski definition) is 3. The summed E-state index contributed by atoms with van der Waals surface area (Å²) in [6, 6.07) is 5.79. The second kappa shape index (κ2) is 6.09. The van der Waals surface area contributed by atoms with E-state index in [1.54, 1.807) is 19.2 Å². The van der Waals surface area contributed by atoms with Gasteiger partial charge in [0.05, 0.1) is 6.61 Å². The molecule has 1 aromatic rings. The number of benzene rings is 1. The highest BCUT2D eigenvalue weighted by Crippen LogP contribution is 2.16. The van der Waals surface area contributed by atoms with Crippen molar-refractivity contribution >= 4 is 5.91 Å². The molecule has 0 bridgehead atoms. The topological polar surface area (TPSA) is 84.6 Å². The maximum atomic E-state index is 11.2. The summed E-state index contributed by atoms with van der Waals surface area (Å²) < 4.78 is 4.87. The highest BCUT2D eigenvalue weighted by atomic mass is 16.5. The number of amides is 1. The van der Waals surface area contributed by atoms with E-state index in [1.807, 2.05) is 0 Å². The number of methoxy groups -OCH3 is 1. The van der Waals surface area contributed by atoms with E-state index in [0.717, 1.165) is 5.56 Å². The molecule has 0 aliphatic heterocycles. The minimum atomic E-state index is -0.559. The third-order valence-electron chi connectivity index (χ3n) is 2.17. The van der Waals surface area contributed by atoms with Gasteiger partial charge in [-0.3, -0.25) is 10.1 Å². The molecule has 16 heavy (non-hydrogen) atoms. The van der Waals surface area contributed by atoms with Gasteiger partial charge in [0.25, 0.3) is 0 Å². The number of rotatable bonds is 6. The van der Waals surface area contributed by atoms with E-state index in [2.05, 4.69) is 5.32 Å². The molecule has 1 amide bonds. The van der Waals surface area contributed by atoms with Gasteiger partial charge in [0, 0.05) is 13.7 Å². The summed E-state index contributed by atoms with van der Waals surface area (Å²) in [6.07, 6.45) is 0. The molecular weight excluding hydrogens is 208 g/mol. The molecule has 1 aromatic carbocycles. The van der Waals surface area contributed by atoms with Crippen LogP contribution in [0.2, 0.25) is 0 Å². The Balaban J connectivity index is 2.69. The molecule has 5 heteroatoms. The first-order chi connectivity index (χ1) is 7.65. The normalized spacial score (nSPS) is 12.3. The molecular formula is C11H16N2O3. The Bertz CT molecular complexity index is 338. The molecule has 88 valence electrons. The third-order valence-corrected chi connectivity index (χ3v) is 2.17. The SMILES string of the molecule is COCCNC(C(N)=O)c1ccc(O)cc1. The van der Waals surface area contributed by atoms with E-state index in [-0.39, 0.29) is 5.75 Å². The second-order valence-electron chi connectivity index (χ2n) is 3.37. The lowest BCUT2D eigenvalue weighted by Gasteiger charge is -2.15. The van der Waals surface area contributed by atoms with E-state index in [0.29, 0.717) is 13.2 Å². The lowest BCUT2D eigenvalue weighted by atomic mass is 10.1. The lowest BCUT2D eigenvalue weighted by Crippen LogP contribution is -2.35. The summed E-state index contributed by atoms with van der Waals surface area (Å²) in [6.45, 7) is 1.03. The van der Waals surface area contributed by atoms with Crippen LogP contribution < -0.4 is 11.1 Å². The first kappa shape index (κ1) is 12.5. The number of primary amides is 1. The number of ether oxygens (including phenoxy) is 1. The third kappa shape index (κ3) is 3.52. The highest BCUT2D eigenvalue weighted by molar-refractivity contribution is 5.81. The molecule has 0 aliphatic carbocycles. The maximum absolute atomic E-state index is 11.2. The van der Waals surface area contributed by atoms with Gasteiger partial charge in [0.2, 0.25) is 5.91 Å². The van der Waals surface area contributed by atoms with Crippen molar-refractivity contribution < 1.29 is 14.6 Å². The first-order valence-electron chi connectivity index (χ1n) is 4.95. The van der Waals surface area contributed by atoms with E-state index < -0.39 is 11.9 Å². The monoisotopic (exact) mass is 224 g/mol. The Kier molecular flexibility index (Phi) is 4.75. The van der Waals surface area contributed by atoms with Crippen molar-refractivity contribution in [2.24, 2.45) is 5.73 Å². The van der Waals surface area contributed by atoms with Crippen molar-refractivity contribution in [1.82, 2.24) is 5.32 Å². The van der Waals surface area contributed by atoms with Crippen LogP contribution in [-0.4, -0.2) is 31.3 Å². The average Bonchev–Trinajstić information content (AvgIpc) is 2.26. The van der Waals surface area contributed by atoms with Gasteiger partial charge in [-0.05, 0) is 17.7 Å². The first-order valence-corrected chi connectivity index (χ1v) is 4.95. The predicted molar refractivity (Wildman–Crippen MR) is 59.9 cm³/mol. The zero-order chi connectivity index (χ0) is 12.0. The van der Waals surface area contributed by atoms with Gasteiger partial charge in [-0.2, -0.15) is 0 Å². The van der Waals surface area contributed by atoms with Crippen LogP contribution in [0.5, 0.6) is 5.75 Å². The number of nitrogens with two attached hydrogens (primary N) is 1. The van der Waals surface area contributed by atoms with Gasteiger partial charge in [0.15, 0.2) is 0 Å². The molecule has 0 fully saturated rings. The van der Waals surface area contributed by atoms with Crippen molar-refractivity contribution in [2.45, 2.75) is 6.04 Å². The summed E-state index contributed by atoms with van der Waals surface area (Å²) in [7, 11) is 1.58. The summed E-state index contributed by atoms with van der Waals surface area (Å²) in [5.41, 5.74) is 6.01. The van der Waals surface area contributed by atoms with Crippen LogP contribution in [0.25, 0.3) is 0 Å². The zero-order valence-electron chi connectivity index (χ0n) is 9.14. The zero-order valence-corrected chi connectivity index (χ0v) is 9.14. The smallest absolute Gasteiger partial charge is 0.239 e.